The van der Waals surface area contributed by atoms with Crippen LogP contribution in [0, 0.1) is 5.92 Å². The van der Waals surface area contributed by atoms with E-state index in [0.717, 1.165) is 5.56 Å². The lowest BCUT2D eigenvalue weighted by atomic mass is 9.96. The lowest BCUT2D eigenvalue weighted by Gasteiger charge is -2.30. The number of methoxy groups -OCH3 is 1. The van der Waals surface area contributed by atoms with Crippen molar-refractivity contribution < 1.29 is 19.1 Å². The molecule has 1 N–H and O–H groups in total. The number of likely N-dealkylation sites (tertiary alicyclic amines) is 1. The van der Waals surface area contributed by atoms with Crippen LogP contribution in [0.1, 0.15) is 24.8 Å². The van der Waals surface area contributed by atoms with Crippen molar-refractivity contribution in [2.24, 2.45) is 5.92 Å². The summed E-state index contributed by atoms with van der Waals surface area (Å²) in [4.78, 5) is 37.1. The Hall–Kier alpha value is -2.63. The zero-order valence-electron chi connectivity index (χ0n) is 14.4. The molecule has 0 aliphatic carbocycles. The molecule has 1 heterocycles. The standard InChI is InChI=1S/C19H24N2O4/c1-25-18(23)9-12-20-19(24)16-10-13-21(14-11-16)17(22)8-7-15-5-3-2-4-6-15/h2-8,16H,9-14H2,1H3,(H,20,24)/b8-7+. The molecule has 1 saturated heterocycles. The van der Waals surface area contributed by atoms with Gasteiger partial charge in [0.25, 0.3) is 0 Å². The summed E-state index contributed by atoms with van der Waals surface area (Å²) in [6, 6.07) is 9.66. The third-order valence-electron chi connectivity index (χ3n) is 4.25. The van der Waals surface area contributed by atoms with Gasteiger partial charge < -0.3 is 15.0 Å². The lowest BCUT2D eigenvalue weighted by Crippen LogP contribution is -2.42. The Morgan fingerprint density at radius 1 is 1.20 bits per heavy atom. The van der Waals surface area contributed by atoms with Gasteiger partial charge in [0.2, 0.25) is 11.8 Å². The van der Waals surface area contributed by atoms with Crippen molar-refractivity contribution in [3.05, 3.63) is 42.0 Å². The molecule has 0 aromatic heterocycles. The molecule has 1 aliphatic rings. The zero-order chi connectivity index (χ0) is 18.1. The summed E-state index contributed by atoms with van der Waals surface area (Å²) in [6.45, 7) is 1.41. The van der Waals surface area contributed by atoms with E-state index in [4.69, 9.17) is 0 Å². The predicted octanol–water partition coefficient (Wildman–Crippen LogP) is 1.62. The van der Waals surface area contributed by atoms with Gasteiger partial charge in [0.15, 0.2) is 0 Å². The van der Waals surface area contributed by atoms with Crippen LogP contribution in [0.15, 0.2) is 36.4 Å². The molecule has 134 valence electrons. The molecule has 0 spiro atoms. The predicted molar refractivity (Wildman–Crippen MR) is 94.4 cm³/mol. The van der Waals surface area contributed by atoms with Gasteiger partial charge in [0, 0.05) is 31.6 Å². The Kier molecular flexibility index (Phi) is 7.19. The number of esters is 1. The molecule has 6 nitrogen and oxygen atoms in total. The van der Waals surface area contributed by atoms with E-state index in [0.29, 0.717) is 25.9 Å². The van der Waals surface area contributed by atoms with Gasteiger partial charge in [-0.3, -0.25) is 14.4 Å². The second-order valence-corrected chi connectivity index (χ2v) is 5.96. The number of carbonyl (C=O) groups is 3. The highest BCUT2D eigenvalue weighted by molar-refractivity contribution is 5.92. The van der Waals surface area contributed by atoms with E-state index >= 15 is 0 Å². The Labute approximate surface area is 147 Å². The third kappa shape index (κ3) is 6.06. The average molecular weight is 344 g/mol. The number of carbonyl (C=O) groups excluding carboxylic acids is 3. The van der Waals surface area contributed by atoms with Crippen molar-refractivity contribution in [1.82, 2.24) is 10.2 Å². The maximum atomic E-state index is 12.2. The maximum absolute atomic E-state index is 12.2. The van der Waals surface area contributed by atoms with E-state index in [9.17, 15) is 14.4 Å². The minimum Gasteiger partial charge on any atom is -0.469 e. The number of nitrogens with one attached hydrogen (secondary N) is 1. The molecular weight excluding hydrogens is 320 g/mol. The number of piperidine rings is 1. The fraction of sp³-hybridized carbons (Fsp3) is 0.421. The Bertz CT molecular complexity index is 620. The highest BCUT2D eigenvalue weighted by atomic mass is 16.5. The van der Waals surface area contributed by atoms with Gasteiger partial charge in [-0.15, -0.1) is 0 Å². The second-order valence-electron chi connectivity index (χ2n) is 5.96. The van der Waals surface area contributed by atoms with Crippen molar-refractivity contribution in [1.29, 1.82) is 0 Å². The number of nitrogens with zero attached hydrogens (tertiary/aromatic N) is 1. The topological polar surface area (TPSA) is 75.7 Å². The Morgan fingerprint density at radius 2 is 1.88 bits per heavy atom. The number of hydrogen-bond acceptors (Lipinski definition) is 4. The van der Waals surface area contributed by atoms with Crippen LogP contribution in [0.3, 0.4) is 0 Å². The third-order valence-corrected chi connectivity index (χ3v) is 4.25. The smallest absolute Gasteiger partial charge is 0.307 e. The van der Waals surface area contributed by atoms with Gasteiger partial charge in [0.05, 0.1) is 13.5 Å². The number of benzene rings is 1. The summed E-state index contributed by atoms with van der Waals surface area (Å²) < 4.78 is 4.53. The van der Waals surface area contributed by atoms with Crippen LogP contribution in [0.4, 0.5) is 0 Å². The normalized spacial score (nSPS) is 15.2. The van der Waals surface area contributed by atoms with Crippen molar-refractivity contribution in [2.75, 3.05) is 26.7 Å². The van der Waals surface area contributed by atoms with Gasteiger partial charge in [-0.2, -0.15) is 0 Å². The summed E-state index contributed by atoms with van der Waals surface area (Å²) in [5, 5.41) is 2.75. The molecule has 1 aliphatic heterocycles. The second kappa shape index (κ2) is 9.61. The first-order valence-corrected chi connectivity index (χ1v) is 8.46. The molecular formula is C19H24N2O4. The molecule has 2 amide bonds. The summed E-state index contributed by atoms with van der Waals surface area (Å²) in [6.07, 6.45) is 4.81. The molecule has 0 atom stereocenters. The Morgan fingerprint density at radius 3 is 2.52 bits per heavy atom. The van der Waals surface area contributed by atoms with E-state index in [1.54, 1.807) is 17.1 Å². The molecule has 1 aromatic rings. The van der Waals surface area contributed by atoms with Crippen molar-refractivity contribution in [3.8, 4) is 0 Å². The first-order valence-electron chi connectivity index (χ1n) is 8.46. The van der Waals surface area contributed by atoms with E-state index in [1.807, 2.05) is 30.3 Å². The molecule has 25 heavy (non-hydrogen) atoms. The first kappa shape index (κ1) is 18.7. The van der Waals surface area contributed by atoms with E-state index < -0.39 is 0 Å². The fourth-order valence-corrected chi connectivity index (χ4v) is 2.73. The molecule has 0 radical (unpaired) electrons. The summed E-state index contributed by atoms with van der Waals surface area (Å²) in [7, 11) is 1.32. The van der Waals surface area contributed by atoms with Crippen molar-refractivity contribution >= 4 is 23.9 Å². The number of rotatable bonds is 6. The van der Waals surface area contributed by atoms with Gasteiger partial charge in [0.1, 0.15) is 0 Å². The van der Waals surface area contributed by atoms with Crippen LogP contribution in [-0.2, 0) is 19.1 Å². The molecule has 6 heteroatoms. The van der Waals surface area contributed by atoms with E-state index in [2.05, 4.69) is 10.1 Å². The molecule has 1 fully saturated rings. The largest absolute Gasteiger partial charge is 0.469 e. The average Bonchev–Trinajstić information content (AvgIpc) is 2.66. The summed E-state index contributed by atoms with van der Waals surface area (Å²) in [5.41, 5.74) is 0.982. The first-order chi connectivity index (χ1) is 12.1. The molecule has 0 bridgehead atoms. The van der Waals surface area contributed by atoms with Crippen molar-refractivity contribution in [3.63, 3.8) is 0 Å². The van der Waals surface area contributed by atoms with Crippen LogP contribution in [0.25, 0.3) is 6.08 Å². The van der Waals surface area contributed by atoms with Crippen LogP contribution < -0.4 is 5.32 Å². The van der Waals surface area contributed by atoms with Gasteiger partial charge in [-0.05, 0) is 24.5 Å². The molecule has 2 rings (SSSR count). The number of amides is 2. The van der Waals surface area contributed by atoms with Crippen LogP contribution in [-0.4, -0.2) is 49.4 Å². The van der Waals surface area contributed by atoms with Crippen LogP contribution >= 0.6 is 0 Å². The zero-order valence-corrected chi connectivity index (χ0v) is 14.4. The molecule has 0 unspecified atom stereocenters. The monoisotopic (exact) mass is 344 g/mol. The van der Waals surface area contributed by atoms with Crippen LogP contribution in [0.2, 0.25) is 0 Å². The summed E-state index contributed by atoms with van der Waals surface area (Å²) >= 11 is 0. The lowest BCUT2D eigenvalue weighted by molar-refractivity contribution is -0.140. The van der Waals surface area contributed by atoms with Gasteiger partial charge in [-0.25, -0.2) is 0 Å². The van der Waals surface area contributed by atoms with E-state index in [1.165, 1.54) is 7.11 Å². The van der Waals surface area contributed by atoms with E-state index in [-0.39, 0.29) is 36.7 Å². The quantitative estimate of drug-likeness (QED) is 0.628. The minimum atomic E-state index is -0.342. The highest BCUT2D eigenvalue weighted by Gasteiger charge is 2.26. The molecule has 1 aromatic carbocycles. The highest BCUT2D eigenvalue weighted by Crippen LogP contribution is 2.18. The number of ether oxygens (including phenoxy) is 1. The summed E-state index contributed by atoms with van der Waals surface area (Å²) in [5.74, 6) is -0.546. The van der Waals surface area contributed by atoms with Crippen molar-refractivity contribution in [2.45, 2.75) is 19.3 Å². The Balaban J connectivity index is 1.73. The van der Waals surface area contributed by atoms with Gasteiger partial charge in [-0.1, -0.05) is 30.3 Å². The fourth-order valence-electron chi connectivity index (χ4n) is 2.73. The maximum Gasteiger partial charge on any atom is 0.307 e. The molecule has 0 saturated carbocycles. The van der Waals surface area contributed by atoms with Crippen LogP contribution in [0.5, 0.6) is 0 Å². The number of hydrogen-bond donors (Lipinski definition) is 1. The SMILES string of the molecule is COC(=O)CCNC(=O)C1CCN(C(=O)/C=C/c2ccccc2)CC1. The van der Waals surface area contributed by atoms with Gasteiger partial charge >= 0.3 is 5.97 Å². The minimum absolute atomic E-state index is 0.0339.